The van der Waals surface area contributed by atoms with Crippen LogP contribution in [0.5, 0.6) is 0 Å². The first-order valence-electron chi connectivity index (χ1n) is 6.65. The van der Waals surface area contributed by atoms with E-state index < -0.39 is 0 Å². The minimum Gasteiger partial charge on any atom is -0.357 e. The number of nitrogens with zero attached hydrogens (tertiary/aromatic N) is 2. The summed E-state index contributed by atoms with van der Waals surface area (Å²) in [6.45, 7) is 2.29. The van der Waals surface area contributed by atoms with E-state index in [0.717, 1.165) is 18.9 Å². The first-order chi connectivity index (χ1) is 8.27. The summed E-state index contributed by atoms with van der Waals surface area (Å²) in [6, 6.07) is 5.90. The Hall–Kier alpha value is -0.760. The van der Waals surface area contributed by atoms with Gasteiger partial charge >= 0.3 is 0 Å². The second-order valence-electron chi connectivity index (χ2n) is 5.51. The van der Waals surface area contributed by atoms with Crippen LogP contribution in [0.25, 0.3) is 0 Å². The molecule has 0 unspecified atom stereocenters. The van der Waals surface area contributed by atoms with E-state index in [4.69, 9.17) is 11.6 Å². The van der Waals surface area contributed by atoms with Crippen molar-refractivity contribution in [1.29, 1.82) is 0 Å². The van der Waals surface area contributed by atoms with Crippen LogP contribution in [-0.2, 0) is 0 Å². The summed E-state index contributed by atoms with van der Waals surface area (Å²) in [7, 11) is 0. The molecule has 0 radical (unpaired) electrons. The third-order valence-electron chi connectivity index (χ3n) is 4.51. The fraction of sp³-hybridized carbons (Fsp3) is 0.643. The highest BCUT2D eigenvalue weighted by Gasteiger charge is 2.37. The molecule has 2 fully saturated rings. The van der Waals surface area contributed by atoms with Gasteiger partial charge in [0, 0.05) is 13.1 Å². The molecule has 2 aliphatic rings. The molecule has 92 valence electrons. The molecule has 0 N–H and O–H groups in total. The van der Waals surface area contributed by atoms with Gasteiger partial charge in [0.25, 0.3) is 0 Å². The molecule has 0 aromatic carbocycles. The zero-order chi connectivity index (χ0) is 11.7. The van der Waals surface area contributed by atoms with Crippen molar-refractivity contribution in [2.75, 3.05) is 18.0 Å². The van der Waals surface area contributed by atoms with Gasteiger partial charge in [-0.25, -0.2) is 4.98 Å². The van der Waals surface area contributed by atoms with Gasteiger partial charge in [-0.05, 0) is 43.2 Å². The molecule has 1 spiro atoms. The quantitative estimate of drug-likeness (QED) is 0.703. The second-order valence-corrected chi connectivity index (χ2v) is 5.90. The van der Waals surface area contributed by atoms with Crippen molar-refractivity contribution in [2.45, 2.75) is 38.5 Å². The lowest BCUT2D eigenvalue weighted by atomic mass is 9.77. The maximum absolute atomic E-state index is 5.95. The van der Waals surface area contributed by atoms with Crippen LogP contribution in [0.15, 0.2) is 18.2 Å². The molecule has 17 heavy (non-hydrogen) atoms. The average Bonchev–Trinajstić information content (AvgIpc) is 2.79. The van der Waals surface area contributed by atoms with Crippen LogP contribution >= 0.6 is 11.6 Å². The molecule has 0 amide bonds. The SMILES string of the molecule is Clc1cccc(N2CCC3(CCCC3)CC2)n1. The summed E-state index contributed by atoms with van der Waals surface area (Å²) >= 11 is 5.95. The Labute approximate surface area is 108 Å². The minimum absolute atomic E-state index is 0.601. The number of anilines is 1. The number of hydrogen-bond acceptors (Lipinski definition) is 2. The molecular weight excluding hydrogens is 232 g/mol. The molecule has 1 aromatic heterocycles. The highest BCUT2D eigenvalue weighted by Crippen LogP contribution is 2.46. The third-order valence-corrected chi connectivity index (χ3v) is 4.72. The summed E-state index contributed by atoms with van der Waals surface area (Å²) in [4.78, 5) is 6.79. The van der Waals surface area contributed by atoms with E-state index in [1.807, 2.05) is 12.1 Å². The van der Waals surface area contributed by atoms with Gasteiger partial charge in [0.15, 0.2) is 0 Å². The topological polar surface area (TPSA) is 16.1 Å². The highest BCUT2D eigenvalue weighted by molar-refractivity contribution is 6.29. The first kappa shape index (κ1) is 11.3. The van der Waals surface area contributed by atoms with E-state index >= 15 is 0 Å². The number of halogens is 1. The summed E-state index contributed by atoms with van der Waals surface area (Å²) in [6.07, 6.45) is 8.45. The number of hydrogen-bond donors (Lipinski definition) is 0. The number of aromatic nitrogens is 1. The largest absolute Gasteiger partial charge is 0.357 e. The van der Waals surface area contributed by atoms with Crippen molar-refractivity contribution in [3.63, 3.8) is 0 Å². The fourth-order valence-corrected chi connectivity index (χ4v) is 3.57. The lowest BCUT2D eigenvalue weighted by Crippen LogP contribution is -2.39. The van der Waals surface area contributed by atoms with Crippen LogP contribution in [0.4, 0.5) is 5.82 Å². The Balaban J connectivity index is 1.68. The highest BCUT2D eigenvalue weighted by atomic mass is 35.5. The molecule has 2 nitrogen and oxygen atoms in total. The zero-order valence-corrected chi connectivity index (χ0v) is 10.9. The average molecular weight is 251 g/mol. The Morgan fingerprint density at radius 3 is 2.41 bits per heavy atom. The van der Waals surface area contributed by atoms with Gasteiger partial charge in [-0.3, -0.25) is 0 Å². The Bertz CT molecular complexity index is 389. The zero-order valence-electron chi connectivity index (χ0n) is 10.2. The maximum atomic E-state index is 5.95. The molecule has 3 rings (SSSR count). The summed E-state index contributed by atoms with van der Waals surface area (Å²) in [5.74, 6) is 1.05. The van der Waals surface area contributed by atoms with Gasteiger partial charge in [-0.1, -0.05) is 30.5 Å². The van der Waals surface area contributed by atoms with E-state index in [2.05, 4.69) is 16.0 Å². The van der Waals surface area contributed by atoms with E-state index in [1.165, 1.54) is 38.5 Å². The van der Waals surface area contributed by atoms with Crippen molar-refractivity contribution < 1.29 is 0 Å². The molecule has 1 aromatic rings. The lowest BCUT2D eigenvalue weighted by molar-refractivity contribution is 0.226. The molecule has 0 bridgehead atoms. The van der Waals surface area contributed by atoms with Crippen molar-refractivity contribution in [1.82, 2.24) is 4.98 Å². The summed E-state index contributed by atoms with van der Waals surface area (Å²) < 4.78 is 0. The fourth-order valence-electron chi connectivity index (χ4n) is 3.41. The molecule has 1 saturated heterocycles. The number of pyridine rings is 1. The van der Waals surface area contributed by atoms with Crippen molar-refractivity contribution in [2.24, 2.45) is 5.41 Å². The van der Waals surface area contributed by atoms with Gasteiger partial charge in [-0.2, -0.15) is 0 Å². The molecule has 1 aliphatic carbocycles. The van der Waals surface area contributed by atoms with Gasteiger partial charge in [-0.15, -0.1) is 0 Å². The molecule has 1 saturated carbocycles. The van der Waals surface area contributed by atoms with Crippen molar-refractivity contribution in [3.8, 4) is 0 Å². The normalized spacial score (nSPS) is 23.2. The van der Waals surface area contributed by atoms with Crippen LogP contribution in [0.3, 0.4) is 0 Å². The Morgan fingerprint density at radius 1 is 1.06 bits per heavy atom. The Kier molecular flexibility index (Phi) is 2.99. The number of rotatable bonds is 1. The summed E-state index contributed by atoms with van der Waals surface area (Å²) in [5.41, 5.74) is 0.676. The van der Waals surface area contributed by atoms with Gasteiger partial charge < -0.3 is 4.90 Å². The monoisotopic (exact) mass is 250 g/mol. The third kappa shape index (κ3) is 2.28. The predicted molar refractivity (Wildman–Crippen MR) is 71.6 cm³/mol. The second kappa shape index (κ2) is 4.49. The predicted octanol–water partition coefficient (Wildman–Crippen LogP) is 3.90. The van der Waals surface area contributed by atoms with Crippen LogP contribution < -0.4 is 4.90 Å². The smallest absolute Gasteiger partial charge is 0.131 e. The van der Waals surface area contributed by atoms with Crippen LogP contribution in [0.2, 0.25) is 5.15 Å². The van der Waals surface area contributed by atoms with Gasteiger partial charge in [0.05, 0.1) is 0 Å². The van der Waals surface area contributed by atoms with Crippen molar-refractivity contribution in [3.05, 3.63) is 23.4 Å². The Morgan fingerprint density at radius 2 is 1.76 bits per heavy atom. The van der Waals surface area contributed by atoms with Crippen molar-refractivity contribution >= 4 is 17.4 Å². The van der Waals surface area contributed by atoms with E-state index in [-0.39, 0.29) is 0 Å². The van der Waals surface area contributed by atoms with Crippen LogP contribution in [0, 0.1) is 5.41 Å². The van der Waals surface area contributed by atoms with E-state index in [1.54, 1.807) is 0 Å². The number of piperidine rings is 1. The molecular formula is C14H19ClN2. The lowest BCUT2D eigenvalue weighted by Gasteiger charge is -2.40. The van der Waals surface area contributed by atoms with Crippen LogP contribution in [-0.4, -0.2) is 18.1 Å². The summed E-state index contributed by atoms with van der Waals surface area (Å²) in [5, 5.41) is 0.601. The van der Waals surface area contributed by atoms with Gasteiger partial charge in [0.1, 0.15) is 11.0 Å². The van der Waals surface area contributed by atoms with E-state index in [0.29, 0.717) is 10.6 Å². The van der Waals surface area contributed by atoms with Gasteiger partial charge in [0.2, 0.25) is 0 Å². The molecule has 1 aliphatic heterocycles. The molecule has 0 atom stereocenters. The standard InChI is InChI=1S/C14H19ClN2/c15-12-4-3-5-13(16-12)17-10-8-14(9-11-17)6-1-2-7-14/h3-5H,1-2,6-11H2. The molecule has 3 heteroatoms. The maximum Gasteiger partial charge on any atom is 0.131 e. The van der Waals surface area contributed by atoms with E-state index in [9.17, 15) is 0 Å². The van der Waals surface area contributed by atoms with Crippen LogP contribution in [0.1, 0.15) is 38.5 Å². The first-order valence-corrected chi connectivity index (χ1v) is 7.03. The minimum atomic E-state index is 0.601. The molecule has 2 heterocycles.